The Kier molecular flexibility index (Phi) is 3.57. The summed E-state index contributed by atoms with van der Waals surface area (Å²) >= 11 is 0. The van der Waals surface area contributed by atoms with Crippen LogP contribution in [0.1, 0.15) is 26.2 Å². The van der Waals surface area contributed by atoms with Gasteiger partial charge in [-0.25, -0.2) is 0 Å². The topological polar surface area (TPSA) is 35.6 Å². The highest BCUT2D eigenvalue weighted by atomic mass is 16.2. The van der Waals surface area contributed by atoms with Crippen LogP contribution in [0, 0.1) is 11.8 Å². The first-order valence-corrected chi connectivity index (χ1v) is 7.49. The second-order valence-corrected chi connectivity index (χ2v) is 6.19. The molecule has 0 bridgehead atoms. The Morgan fingerprint density at radius 2 is 1.72 bits per heavy atom. The molecule has 0 aromatic carbocycles. The zero-order valence-corrected chi connectivity index (χ0v) is 11.4. The number of nitrogens with one attached hydrogen (secondary N) is 1. The van der Waals surface area contributed by atoms with Gasteiger partial charge in [-0.3, -0.25) is 9.69 Å². The maximum Gasteiger partial charge on any atom is 0.239 e. The summed E-state index contributed by atoms with van der Waals surface area (Å²) in [5.41, 5.74) is 0. The average molecular weight is 251 g/mol. The van der Waals surface area contributed by atoms with E-state index < -0.39 is 0 Å². The van der Waals surface area contributed by atoms with Crippen LogP contribution < -0.4 is 5.32 Å². The van der Waals surface area contributed by atoms with Crippen molar-refractivity contribution in [1.82, 2.24) is 15.1 Å². The monoisotopic (exact) mass is 251 g/mol. The number of likely N-dealkylation sites (tertiary alicyclic amines) is 2. The van der Waals surface area contributed by atoms with Crippen LogP contribution in [0.25, 0.3) is 0 Å². The van der Waals surface area contributed by atoms with Gasteiger partial charge in [0.2, 0.25) is 5.91 Å². The molecule has 0 spiro atoms. The van der Waals surface area contributed by atoms with Gasteiger partial charge >= 0.3 is 0 Å². The van der Waals surface area contributed by atoms with Crippen LogP contribution in [0.4, 0.5) is 0 Å². The molecule has 1 N–H and O–H groups in total. The zero-order valence-electron chi connectivity index (χ0n) is 11.4. The summed E-state index contributed by atoms with van der Waals surface area (Å²) in [5, 5.41) is 3.45. The highest BCUT2D eigenvalue weighted by molar-refractivity contribution is 5.81. The van der Waals surface area contributed by atoms with Crippen molar-refractivity contribution in [2.24, 2.45) is 11.8 Å². The van der Waals surface area contributed by atoms with Gasteiger partial charge in [-0.2, -0.15) is 0 Å². The molecule has 4 nitrogen and oxygen atoms in total. The molecule has 3 fully saturated rings. The molecular formula is C14H25N3O. The van der Waals surface area contributed by atoms with Gasteiger partial charge in [-0.05, 0) is 51.1 Å². The summed E-state index contributed by atoms with van der Waals surface area (Å²) in [4.78, 5) is 17.0. The van der Waals surface area contributed by atoms with E-state index in [1.807, 2.05) is 0 Å². The third-order valence-electron chi connectivity index (χ3n) is 4.99. The fraction of sp³-hybridized carbons (Fsp3) is 0.929. The molecule has 3 saturated heterocycles. The van der Waals surface area contributed by atoms with E-state index in [4.69, 9.17) is 0 Å². The molecule has 1 unspecified atom stereocenters. The second kappa shape index (κ2) is 5.17. The summed E-state index contributed by atoms with van der Waals surface area (Å²) in [7, 11) is 0. The third-order valence-corrected chi connectivity index (χ3v) is 4.99. The minimum atomic E-state index is 0.0914. The van der Waals surface area contributed by atoms with E-state index in [0.29, 0.717) is 5.91 Å². The molecule has 0 radical (unpaired) electrons. The minimum absolute atomic E-state index is 0.0914. The average Bonchev–Trinajstić information content (AvgIpc) is 2.99. The van der Waals surface area contributed by atoms with Gasteiger partial charge in [0.05, 0.1) is 6.04 Å². The van der Waals surface area contributed by atoms with E-state index in [0.717, 1.165) is 51.1 Å². The van der Waals surface area contributed by atoms with Crippen molar-refractivity contribution in [3.05, 3.63) is 0 Å². The lowest BCUT2D eigenvalue weighted by molar-refractivity contribution is -0.137. The lowest BCUT2D eigenvalue weighted by atomic mass is 10.0. The smallest absolute Gasteiger partial charge is 0.239 e. The van der Waals surface area contributed by atoms with E-state index >= 15 is 0 Å². The molecule has 0 saturated carbocycles. The van der Waals surface area contributed by atoms with E-state index in [2.05, 4.69) is 22.0 Å². The van der Waals surface area contributed by atoms with Gasteiger partial charge < -0.3 is 10.2 Å². The zero-order chi connectivity index (χ0) is 12.5. The van der Waals surface area contributed by atoms with E-state index in [-0.39, 0.29) is 6.04 Å². The van der Waals surface area contributed by atoms with Crippen molar-refractivity contribution >= 4 is 5.91 Å². The van der Waals surface area contributed by atoms with Crippen molar-refractivity contribution in [2.45, 2.75) is 32.2 Å². The molecule has 4 heteroatoms. The Morgan fingerprint density at radius 3 is 2.33 bits per heavy atom. The summed E-state index contributed by atoms with van der Waals surface area (Å²) in [6.07, 6.45) is 3.67. The lowest BCUT2D eigenvalue weighted by Gasteiger charge is -2.33. The molecule has 0 aromatic rings. The molecule has 3 rings (SSSR count). The van der Waals surface area contributed by atoms with Crippen molar-refractivity contribution in [2.75, 3.05) is 39.3 Å². The van der Waals surface area contributed by atoms with Crippen molar-refractivity contribution in [1.29, 1.82) is 0 Å². The second-order valence-electron chi connectivity index (χ2n) is 6.19. The van der Waals surface area contributed by atoms with Crippen LogP contribution in [0.5, 0.6) is 0 Å². The molecule has 3 atom stereocenters. The molecule has 1 amide bonds. The Bertz CT molecular complexity index is 302. The number of hydrogen-bond donors (Lipinski definition) is 1. The quantitative estimate of drug-likeness (QED) is 0.778. The summed E-state index contributed by atoms with van der Waals surface area (Å²) in [5.74, 6) is 1.92. The molecule has 3 heterocycles. The van der Waals surface area contributed by atoms with Gasteiger partial charge in [0, 0.05) is 26.2 Å². The van der Waals surface area contributed by atoms with Crippen LogP contribution >= 0.6 is 0 Å². The number of nitrogens with zero attached hydrogens (tertiary/aromatic N) is 2. The summed E-state index contributed by atoms with van der Waals surface area (Å²) in [6.45, 7) is 8.57. The predicted octanol–water partition coefficient (Wildman–Crippen LogP) is 0.539. The Morgan fingerprint density at radius 1 is 1.11 bits per heavy atom. The number of carbonyl (C=O) groups is 1. The standard InChI is InChI=1S/C14H25N3O/c1-11(14(18)16-5-3-2-4-6-16)17-9-12-7-15-8-13(12)10-17/h11-13,15H,2-10H2,1H3/t11?,12-,13+. The molecule has 0 aliphatic carbocycles. The first-order chi connectivity index (χ1) is 8.75. The van der Waals surface area contributed by atoms with Gasteiger partial charge in [0.25, 0.3) is 0 Å². The Labute approximate surface area is 110 Å². The van der Waals surface area contributed by atoms with Crippen LogP contribution in [0.2, 0.25) is 0 Å². The first kappa shape index (κ1) is 12.4. The molecule has 0 aromatic heterocycles. The SMILES string of the molecule is CC(C(=O)N1CCCCC1)N1C[C@H]2CNC[C@H]2C1. The lowest BCUT2D eigenvalue weighted by Crippen LogP contribution is -2.48. The number of rotatable bonds is 2. The van der Waals surface area contributed by atoms with Gasteiger partial charge in [0.1, 0.15) is 0 Å². The van der Waals surface area contributed by atoms with Crippen LogP contribution in [-0.4, -0.2) is 61.0 Å². The molecule has 3 aliphatic rings. The molecule has 3 aliphatic heterocycles. The maximum absolute atomic E-state index is 12.5. The highest BCUT2D eigenvalue weighted by Gasteiger charge is 2.40. The fourth-order valence-corrected chi connectivity index (χ4v) is 3.74. The number of fused-ring (bicyclic) bond motifs is 1. The molecule has 102 valence electrons. The van der Waals surface area contributed by atoms with Gasteiger partial charge in [0.15, 0.2) is 0 Å². The fourth-order valence-electron chi connectivity index (χ4n) is 3.74. The summed E-state index contributed by atoms with van der Waals surface area (Å²) < 4.78 is 0. The predicted molar refractivity (Wildman–Crippen MR) is 71.3 cm³/mol. The van der Waals surface area contributed by atoms with Crippen LogP contribution in [0.15, 0.2) is 0 Å². The van der Waals surface area contributed by atoms with E-state index in [1.54, 1.807) is 0 Å². The van der Waals surface area contributed by atoms with Crippen LogP contribution in [0.3, 0.4) is 0 Å². The van der Waals surface area contributed by atoms with Crippen molar-refractivity contribution in [3.8, 4) is 0 Å². The van der Waals surface area contributed by atoms with Gasteiger partial charge in [-0.1, -0.05) is 0 Å². The number of carbonyl (C=O) groups excluding carboxylic acids is 1. The number of amides is 1. The van der Waals surface area contributed by atoms with E-state index in [9.17, 15) is 4.79 Å². The number of hydrogen-bond acceptors (Lipinski definition) is 3. The minimum Gasteiger partial charge on any atom is -0.341 e. The van der Waals surface area contributed by atoms with E-state index in [1.165, 1.54) is 19.3 Å². The molecule has 18 heavy (non-hydrogen) atoms. The Hall–Kier alpha value is -0.610. The molecular weight excluding hydrogens is 226 g/mol. The van der Waals surface area contributed by atoms with Crippen LogP contribution in [-0.2, 0) is 4.79 Å². The maximum atomic E-state index is 12.5. The Balaban J connectivity index is 1.57. The van der Waals surface area contributed by atoms with Gasteiger partial charge in [-0.15, -0.1) is 0 Å². The van der Waals surface area contributed by atoms with Crippen molar-refractivity contribution < 1.29 is 4.79 Å². The third kappa shape index (κ3) is 2.28. The summed E-state index contributed by atoms with van der Waals surface area (Å²) in [6, 6.07) is 0.0914. The number of piperidine rings is 1. The van der Waals surface area contributed by atoms with Crippen molar-refractivity contribution in [3.63, 3.8) is 0 Å². The first-order valence-electron chi connectivity index (χ1n) is 7.49. The highest BCUT2D eigenvalue weighted by Crippen LogP contribution is 2.28. The largest absolute Gasteiger partial charge is 0.341 e. The normalized spacial score (nSPS) is 34.6.